The molecular weight excluding hydrogens is 392 g/mol. The smallest absolute Gasteiger partial charge is 0.259 e. The second-order valence-electron chi connectivity index (χ2n) is 7.82. The van der Waals surface area contributed by atoms with Gasteiger partial charge in [0, 0.05) is 55.9 Å². The van der Waals surface area contributed by atoms with E-state index in [1.54, 1.807) is 46.0 Å². The SMILES string of the molecule is O=c1cc(-c2cccnc2)ncn1CC1CCN(c2cc(=O)n3ccccc3n2)CC1. The monoisotopic (exact) mass is 414 g/mol. The van der Waals surface area contributed by atoms with Crippen LogP contribution in [0.1, 0.15) is 12.8 Å². The third-order valence-electron chi connectivity index (χ3n) is 5.79. The van der Waals surface area contributed by atoms with Gasteiger partial charge in [0.15, 0.2) is 0 Å². The van der Waals surface area contributed by atoms with Gasteiger partial charge in [0.25, 0.3) is 11.1 Å². The van der Waals surface area contributed by atoms with Gasteiger partial charge in [-0.3, -0.25) is 23.5 Å². The Morgan fingerprint density at radius 1 is 1.00 bits per heavy atom. The first-order chi connectivity index (χ1) is 15.2. The number of nitrogens with zero attached hydrogens (tertiary/aromatic N) is 6. The maximum Gasteiger partial charge on any atom is 0.259 e. The fraction of sp³-hybridized carbons (Fsp3) is 0.261. The van der Waals surface area contributed by atoms with Crippen LogP contribution in [0.25, 0.3) is 16.9 Å². The van der Waals surface area contributed by atoms with E-state index < -0.39 is 0 Å². The number of rotatable bonds is 4. The maximum atomic E-state index is 12.6. The molecule has 8 heteroatoms. The molecule has 0 bridgehead atoms. The van der Waals surface area contributed by atoms with Gasteiger partial charge in [-0.25, -0.2) is 9.97 Å². The van der Waals surface area contributed by atoms with Crippen molar-refractivity contribution in [3.63, 3.8) is 0 Å². The molecule has 1 fully saturated rings. The van der Waals surface area contributed by atoms with E-state index in [1.807, 2.05) is 30.3 Å². The number of hydrogen-bond donors (Lipinski definition) is 0. The Hall–Kier alpha value is -3.81. The number of hydrogen-bond acceptors (Lipinski definition) is 6. The van der Waals surface area contributed by atoms with Crippen LogP contribution in [-0.2, 0) is 6.54 Å². The minimum atomic E-state index is -0.0749. The minimum absolute atomic E-state index is 0.0551. The van der Waals surface area contributed by atoms with E-state index in [1.165, 1.54) is 0 Å². The second kappa shape index (κ2) is 8.14. The van der Waals surface area contributed by atoms with E-state index >= 15 is 0 Å². The predicted molar refractivity (Wildman–Crippen MR) is 118 cm³/mol. The molecule has 0 saturated carbocycles. The molecule has 0 aromatic carbocycles. The quantitative estimate of drug-likeness (QED) is 0.509. The average Bonchev–Trinajstić information content (AvgIpc) is 2.81. The molecule has 5 heterocycles. The van der Waals surface area contributed by atoms with E-state index in [4.69, 9.17) is 0 Å². The Bertz CT molecular complexity index is 1320. The molecule has 1 aliphatic heterocycles. The van der Waals surface area contributed by atoms with Crippen molar-refractivity contribution >= 4 is 11.5 Å². The van der Waals surface area contributed by atoms with Crippen molar-refractivity contribution in [3.8, 4) is 11.3 Å². The van der Waals surface area contributed by atoms with Gasteiger partial charge in [0.1, 0.15) is 11.5 Å². The first kappa shape index (κ1) is 19.2. The minimum Gasteiger partial charge on any atom is -0.356 e. The highest BCUT2D eigenvalue weighted by Gasteiger charge is 2.21. The van der Waals surface area contributed by atoms with Crippen LogP contribution in [0.3, 0.4) is 0 Å². The van der Waals surface area contributed by atoms with Gasteiger partial charge < -0.3 is 4.90 Å². The summed E-state index contributed by atoms with van der Waals surface area (Å²) < 4.78 is 3.23. The van der Waals surface area contributed by atoms with Crippen molar-refractivity contribution in [3.05, 3.63) is 88.1 Å². The van der Waals surface area contributed by atoms with Crippen molar-refractivity contribution in [2.24, 2.45) is 5.92 Å². The largest absolute Gasteiger partial charge is 0.356 e. The summed E-state index contributed by atoms with van der Waals surface area (Å²) >= 11 is 0. The lowest BCUT2D eigenvalue weighted by Gasteiger charge is -2.33. The van der Waals surface area contributed by atoms with Gasteiger partial charge in [0.2, 0.25) is 0 Å². The van der Waals surface area contributed by atoms with Crippen LogP contribution < -0.4 is 16.0 Å². The zero-order chi connectivity index (χ0) is 21.2. The molecule has 0 atom stereocenters. The van der Waals surface area contributed by atoms with Crippen LogP contribution >= 0.6 is 0 Å². The summed E-state index contributed by atoms with van der Waals surface area (Å²) in [4.78, 5) is 40.3. The van der Waals surface area contributed by atoms with Gasteiger partial charge in [-0.2, -0.15) is 0 Å². The van der Waals surface area contributed by atoms with Crippen LogP contribution in [0.15, 0.2) is 77.0 Å². The molecule has 0 radical (unpaired) electrons. The topological polar surface area (TPSA) is 85.4 Å². The summed E-state index contributed by atoms with van der Waals surface area (Å²) in [6.45, 7) is 2.24. The van der Waals surface area contributed by atoms with E-state index in [-0.39, 0.29) is 11.1 Å². The molecule has 1 saturated heterocycles. The van der Waals surface area contributed by atoms with E-state index in [2.05, 4.69) is 19.9 Å². The molecule has 5 rings (SSSR count). The molecule has 1 aliphatic rings. The van der Waals surface area contributed by atoms with Crippen LogP contribution in [0.5, 0.6) is 0 Å². The predicted octanol–water partition coefficient (Wildman–Crippen LogP) is 2.23. The molecule has 4 aromatic rings. The summed E-state index contributed by atoms with van der Waals surface area (Å²) in [5.74, 6) is 1.09. The number of aromatic nitrogens is 5. The molecule has 156 valence electrons. The van der Waals surface area contributed by atoms with E-state index in [0.29, 0.717) is 29.6 Å². The van der Waals surface area contributed by atoms with Crippen molar-refractivity contribution in [1.29, 1.82) is 0 Å². The zero-order valence-electron chi connectivity index (χ0n) is 17.0. The van der Waals surface area contributed by atoms with Crippen molar-refractivity contribution < 1.29 is 0 Å². The molecule has 0 unspecified atom stereocenters. The fourth-order valence-corrected chi connectivity index (χ4v) is 4.06. The highest BCUT2D eigenvalue weighted by molar-refractivity contribution is 5.56. The van der Waals surface area contributed by atoms with Gasteiger partial charge in [-0.15, -0.1) is 0 Å². The summed E-state index contributed by atoms with van der Waals surface area (Å²) in [5, 5.41) is 0. The Morgan fingerprint density at radius 2 is 1.87 bits per heavy atom. The normalized spacial score (nSPS) is 14.8. The van der Waals surface area contributed by atoms with Crippen LogP contribution in [-0.4, -0.2) is 37.0 Å². The third kappa shape index (κ3) is 3.96. The fourth-order valence-electron chi connectivity index (χ4n) is 4.06. The zero-order valence-corrected chi connectivity index (χ0v) is 17.0. The van der Waals surface area contributed by atoms with Gasteiger partial charge in [-0.05, 0) is 43.0 Å². The number of anilines is 1. The molecule has 0 N–H and O–H groups in total. The first-order valence-corrected chi connectivity index (χ1v) is 10.4. The highest BCUT2D eigenvalue weighted by Crippen LogP contribution is 2.22. The lowest BCUT2D eigenvalue weighted by atomic mass is 9.96. The Balaban J connectivity index is 1.26. The van der Waals surface area contributed by atoms with Crippen molar-refractivity contribution in [2.75, 3.05) is 18.0 Å². The van der Waals surface area contributed by atoms with Gasteiger partial charge in [-0.1, -0.05) is 6.07 Å². The molecule has 0 aliphatic carbocycles. The van der Waals surface area contributed by atoms with Gasteiger partial charge in [0.05, 0.1) is 12.0 Å². The summed E-state index contributed by atoms with van der Waals surface area (Å²) in [7, 11) is 0. The first-order valence-electron chi connectivity index (χ1n) is 10.4. The average molecular weight is 414 g/mol. The molecule has 31 heavy (non-hydrogen) atoms. The second-order valence-corrected chi connectivity index (χ2v) is 7.82. The summed E-state index contributed by atoms with van der Waals surface area (Å²) in [6, 6.07) is 12.4. The Labute approximate surface area is 178 Å². The molecule has 8 nitrogen and oxygen atoms in total. The molecule has 0 spiro atoms. The maximum absolute atomic E-state index is 12.6. The van der Waals surface area contributed by atoms with Crippen LogP contribution in [0, 0.1) is 5.92 Å². The number of fused-ring (bicyclic) bond motifs is 1. The van der Waals surface area contributed by atoms with E-state index in [0.717, 1.165) is 31.5 Å². The Kier molecular flexibility index (Phi) is 5.03. The van der Waals surface area contributed by atoms with Gasteiger partial charge >= 0.3 is 0 Å². The number of pyridine rings is 2. The standard InChI is InChI=1S/C23H22N6O2/c30-22-12-19(18-4-3-8-24-14-18)25-16-28(22)15-17-6-10-27(11-7-17)21-13-23(31)29-9-2-1-5-20(29)26-21/h1-5,8-9,12-14,16-17H,6-7,10-11,15H2. The molecular formula is C23H22N6O2. The van der Waals surface area contributed by atoms with Crippen molar-refractivity contribution in [2.45, 2.75) is 19.4 Å². The Morgan fingerprint density at radius 3 is 2.65 bits per heavy atom. The summed E-state index contributed by atoms with van der Waals surface area (Å²) in [5.41, 5.74) is 1.99. The van der Waals surface area contributed by atoms with Crippen LogP contribution in [0.4, 0.5) is 5.82 Å². The van der Waals surface area contributed by atoms with Crippen LogP contribution in [0.2, 0.25) is 0 Å². The van der Waals surface area contributed by atoms with E-state index in [9.17, 15) is 9.59 Å². The lowest BCUT2D eigenvalue weighted by molar-refractivity contribution is 0.350. The third-order valence-corrected chi connectivity index (χ3v) is 5.79. The van der Waals surface area contributed by atoms with Crippen molar-refractivity contribution in [1.82, 2.24) is 23.9 Å². The highest BCUT2D eigenvalue weighted by atomic mass is 16.1. The number of piperidine rings is 1. The summed E-state index contributed by atoms with van der Waals surface area (Å²) in [6.07, 6.45) is 8.60. The molecule has 0 amide bonds. The lowest BCUT2D eigenvalue weighted by Crippen LogP contribution is -2.37. The molecule has 4 aromatic heterocycles.